The van der Waals surface area contributed by atoms with Gasteiger partial charge in [-0.3, -0.25) is 4.79 Å². The van der Waals surface area contributed by atoms with E-state index in [4.69, 9.17) is 5.11 Å². The van der Waals surface area contributed by atoms with Crippen molar-refractivity contribution in [1.29, 1.82) is 0 Å². The van der Waals surface area contributed by atoms with Crippen molar-refractivity contribution < 1.29 is 15.0 Å². The quantitative estimate of drug-likeness (QED) is 0.776. The highest BCUT2D eigenvalue weighted by molar-refractivity contribution is 5.94. The van der Waals surface area contributed by atoms with E-state index in [2.05, 4.69) is 10.2 Å². The first-order chi connectivity index (χ1) is 13.0. The number of carbonyl (C=O) groups is 1. The summed E-state index contributed by atoms with van der Waals surface area (Å²) in [6, 6.07) is 7.48. The zero-order chi connectivity index (χ0) is 19.4. The van der Waals surface area contributed by atoms with Crippen molar-refractivity contribution in [2.24, 2.45) is 7.05 Å². The maximum absolute atomic E-state index is 12.9. The Morgan fingerprint density at radius 2 is 2.00 bits per heavy atom. The van der Waals surface area contributed by atoms with Crippen LogP contribution in [0.1, 0.15) is 40.8 Å². The molecule has 2 N–H and O–H groups in total. The fraction of sp³-hybridized carbons (Fsp3) is 0.526. The highest BCUT2D eigenvalue weighted by Gasteiger charge is 2.28. The Balaban J connectivity index is 1.70. The fourth-order valence-electron chi connectivity index (χ4n) is 3.56. The van der Waals surface area contributed by atoms with Crippen molar-refractivity contribution in [2.75, 3.05) is 38.2 Å². The van der Waals surface area contributed by atoms with Crippen LogP contribution in [0.25, 0.3) is 0 Å². The first-order valence-corrected chi connectivity index (χ1v) is 9.25. The maximum Gasteiger partial charge on any atom is 0.253 e. The molecule has 1 saturated heterocycles. The van der Waals surface area contributed by atoms with E-state index >= 15 is 0 Å². The lowest BCUT2D eigenvalue weighted by Gasteiger charge is -2.32. The van der Waals surface area contributed by atoms with E-state index in [1.165, 1.54) is 0 Å². The van der Waals surface area contributed by atoms with E-state index in [1.54, 1.807) is 0 Å². The van der Waals surface area contributed by atoms with Crippen LogP contribution < -0.4 is 4.90 Å². The molecule has 2 aromatic rings. The fourth-order valence-corrected chi connectivity index (χ4v) is 3.56. The van der Waals surface area contributed by atoms with Gasteiger partial charge in [0.15, 0.2) is 5.82 Å². The summed E-state index contributed by atoms with van der Waals surface area (Å²) in [6.45, 7) is 1.82. The van der Waals surface area contributed by atoms with Crippen molar-refractivity contribution in [3.05, 3.63) is 41.5 Å². The molecule has 1 fully saturated rings. The number of anilines is 1. The Morgan fingerprint density at radius 3 is 2.63 bits per heavy atom. The molecular weight excluding hydrogens is 346 g/mol. The standard InChI is InChI=1S/C19H27N5O3/c1-22(10-11-25)16-7-5-14(6-8-16)19(27)24-9-3-4-15(12-24)18-21-20-17(13-26)23(18)2/h5-8,15,25-26H,3-4,9-13H2,1-2H3/t15-/m1/s1. The molecule has 0 aliphatic carbocycles. The summed E-state index contributed by atoms with van der Waals surface area (Å²) in [5.74, 6) is 1.49. The first kappa shape index (κ1) is 19.3. The minimum absolute atomic E-state index is 0.0145. The molecule has 8 nitrogen and oxygen atoms in total. The lowest BCUT2D eigenvalue weighted by Crippen LogP contribution is -2.39. The minimum Gasteiger partial charge on any atom is -0.395 e. The Labute approximate surface area is 159 Å². The van der Waals surface area contributed by atoms with E-state index in [0.717, 1.165) is 30.9 Å². The summed E-state index contributed by atoms with van der Waals surface area (Å²) >= 11 is 0. The van der Waals surface area contributed by atoms with Gasteiger partial charge in [0.1, 0.15) is 12.4 Å². The van der Waals surface area contributed by atoms with E-state index in [-0.39, 0.29) is 25.0 Å². The molecule has 1 atom stereocenters. The van der Waals surface area contributed by atoms with Crippen LogP contribution >= 0.6 is 0 Å². The average Bonchev–Trinajstić information content (AvgIpc) is 3.08. The number of amides is 1. The Morgan fingerprint density at radius 1 is 1.26 bits per heavy atom. The minimum atomic E-state index is -0.143. The van der Waals surface area contributed by atoms with Gasteiger partial charge in [-0.15, -0.1) is 10.2 Å². The smallest absolute Gasteiger partial charge is 0.253 e. The first-order valence-electron chi connectivity index (χ1n) is 9.25. The molecule has 146 valence electrons. The summed E-state index contributed by atoms with van der Waals surface area (Å²) < 4.78 is 1.82. The Bertz CT molecular complexity index is 774. The third-order valence-corrected chi connectivity index (χ3v) is 5.20. The Kier molecular flexibility index (Phi) is 6.08. The molecule has 27 heavy (non-hydrogen) atoms. The molecule has 8 heteroatoms. The van der Waals surface area contributed by atoms with Crippen molar-refractivity contribution in [1.82, 2.24) is 19.7 Å². The van der Waals surface area contributed by atoms with Crippen molar-refractivity contribution in [3.8, 4) is 0 Å². The van der Waals surface area contributed by atoms with Crippen LogP contribution in [0.2, 0.25) is 0 Å². The van der Waals surface area contributed by atoms with Crippen molar-refractivity contribution in [3.63, 3.8) is 0 Å². The van der Waals surface area contributed by atoms with Gasteiger partial charge >= 0.3 is 0 Å². The second-order valence-corrected chi connectivity index (χ2v) is 6.97. The zero-order valence-electron chi connectivity index (χ0n) is 15.9. The summed E-state index contributed by atoms with van der Waals surface area (Å²) in [5, 5.41) is 26.6. The number of likely N-dealkylation sites (tertiary alicyclic amines) is 1. The summed E-state index contributed by atoms with van der Waals surface area (Å²) in [6.07, 6.45) is 1.86. The van der Waals surface area contributed by atoms with Gasteiger partial charge in [-0.1, -0.05) is 0 Å². The summed E-state index contributed by atoms with van der Waals surface area (Å²) in [5.41, 5.74) is 1.62. The Hall–Kier alpha value is -2.45. The average molecular weight is 373 g/mol. The number of piperidine rings is 1. The number of nitrogens with zero attached hydrogens (tertiary/aromatic N) is 5. The zero-order valence-corrected chi connectivity index (χ0v) is 15.9. The van der Waals surface area contributed by atoms with Crippen LogP contribution in [0.15, 0.2) is 24.3 Å². The number of hydrogen-bond acceptors (Lipinski definition) is 6. The largest absolute Gasteiger partial charge is 0.395 e. The maximum atomic E-state index is 12.9. The van der Waals surface area contributed by atoms with Crippen LogP contribution in [-0.2, 0) is 13.7 Å². The number of aromatic nitrogens is 3. The number of aliphatic hydroxyl groups is 2. The highest BCUT2D eigenvalue weighted by Crippen LogP contribution is 2.27. The van der Waals surface area contributed by atoms with E-state index < -0.39 is 0 Å². The predicted octanol–water partition coefficient (Wildman–Crippen LogP) is 0.756. The predicted molar refractivity (Wildman–Crippen MR) is 102 cm³/mol. The second kappa shape index (κ2) is 8.49. The summed E-state index contributed by atoms with van der Waals surface area (Å²) in [7, 11) is 3.76. The van der Waals surface area contributed by atoms with Gasteiger partial charge in [0.2, 0.25) is 0 Å². The molecule has 1 aliphatic rings. The van der Waals surface area contributed by atoms with Crippen LogP contribution in [0, 0.1) is 0 Å². The lowest BCUT2D eigenvalue weighted by atomic mass is 9.96. The van der Waals surface area contributed by atoms with E-state index in [9.17, 15) is 9.90 Å². The number of aliphatic hydroxyl groups excluding tert-OH is 2. The lowest BCUT2D eigenvalue weighted by molar-refractivity contribution is 0.0703. The van der Waals surface area contributed by atoms with Gasteiger partial charge in [0, 0.05) is 50.9 Å². The molecular formula is C19H27N5O3. The van der Waals surface area contributed by atoms with Crippen molar-refractivity contribution >= 4 is 11.6 Å². The van der Waals surface area contributed by atoms with Crippen LogP contribution in [0.3, 0.4) is 0 Å². The monoisotopic (exact) mass is 373 g/mol. The topological polar surface area (TPSA) is 94.7 Å². The van der Waals surface area contributed by atoms with Gasteiger partial charge in [-0.25, -0.2) is 0 Å². The molecule has 1 aromatic heterocycles. The molecule has 2 heterocycles. The van der Waals surface area contributed by atoms with Crippen LogP contribution in [0.4, 0.5) is 5.69 Å². The number of rotatable bonds is 6. The molecule has 0 spiro atoms. The van der Waals surface area contributed by atoms with Crippen LogP contribution in [0.5, 0.6) is 0 Å². The van der Waals surface area contributed by atoms with Gasteiger partial charge in [-0.2, -0.15) is 0 Å². The highest BCUT2D eigenvalue weighted by atomic mass is 16.3. The second-order valence-electron chi connectivity index (χ2n) is 6.97. The van der Waals surface area contributed by atoms with Gasteiger partial charge in [0.25, 0.3) is 5.91 Å². The SMILES string of the molecule is CN(CCO)c1ccc(C(=O)N2CCC[C@@H](c3nnc(CO)n3C)C2)cc1. The van der Waals surface area contributed by atoms with E-state index in [1.807, 2.05) is 52.7 Å². The molecule has 3 rings (SSSR count). The third kappa shape index (κ3) is 4.12. The van der Waals surface area contributed by atoms with E-state index in [0.29, 0.717) is 24.5 Å². The van der Waals surface area contributed by atoms with Gasteiger partial charge in [-0.05, 0) is 37.1 Å². The molecule has 1 amide bonds. The number of hydrogen-bond donors (Lipinski definition) is 2. The van der Waals surface area contributed by atoms with Crippen LogP contribution in [-0.4, -0.2) is 69.1 Å². The normalized spacial score (nSPS) is 17.2. The number of benzene rings is 1. The molecule has 0 bridgehead atoms. The summed E-state index contributed by atoms with van der Waals surface area (Å²) in [4.78, 5) is 16.7. The van der Waals surface area contributed by atoms with Crippen molar-refractivity contribution in [2.45, 2.75) is 25.4 Å². The van der Waals surface area contributed by atoms with Gasteiger partial charge in [0.05, 0.1) is 6.61 Å². The molecule has 1 aromatic carbocycles. The number of carbonyl (C=O) groups excluding carboxylic acids is 1. The molecule has 0 saturated carbocycles. The third-order valence-electron chi connectivity index (χ3n) is 5.20. The molecule has 1 aliphatic heterocycles. The number of likely N-dealkylation sites (N-methyl/N-ethyl adjacent to an activating group) is 1. The molecule has 0 radical (unpaired) electrons. The molecule has 0 unspecified atom stereocenters. The van der Waals surface area contributed by atoms with Gasteiger partial charge < -0.3 is 24.6 Å².